The molecule has 0 saturated heterocycles. The molecule has 6 nitrogen and oxygen atoms in total. The van der Waals surface area contributed by atoms with Gasteiger partial charge in [-0.05, 0) is 30.2 Å². The van der Waals surface area contributed by atoms with Crippen LogP contribution in [0.4, 0.5) is 0 Å². The number of aryl methyl sites for hydroxylation is 1. The van der Waals surface area contributed by atoms with Crippen LogP contribution in [0.25, 0.3) is 0 Å². The number of hydrazine groups is 1. The van der Waals surface area contributed by atoms with Crippen molar-refractivity contribution in [1.29, 1.82) is 0 Å². The van der Waals surface area contributed by atoms with Crippen molar-refractivity contribution in [2.75, 3.05) is 7.11 Å². The number of fused-ring (bicyclic) bond motifs is 1. The third-order valence-corrected chi connectivity index (χ3v) is 3.84. The van der Waals surface area contributed by atoms with Gasteiger partial charge >= 0.3 is 0 Å². The standard InChI is InChI=1S/C18H16N2O4/c1-24-15-9-5-2-6-12(15)10-11-16(21)19-20-17(22)13-7-3-4-8-14(13)18(20)23/h2-9H,10-11H2,1H3,(H,19,21). The lowest BCUT2D eigenvalue weighted by Crippen LogP contribution is -2.45. The third kappa shape index (κ3) is 2.86. The minimum absolute atomic E-state index is 0.133. The van der Waals surface area contributed by atoms with Gasteiger partial charge in [0.25, 0.3) is 11.8 Å². The third-order valence-electron chi connectivity index (χ3n) is 3.84. The van der Waals surface area contributed by atoms with Gasteiger partial charge in [-0.15, -0.1) is 0 Å². The molecule has 0 atom stereocenters. The first-order valence-electron chi connectivity index (χ1n) is 7.51. The molecule has 1 aliphatic heterocycles. The monoisotopic (exact) mass is 324 g/mol. The van der Waals surface area contributed by atoms with Gasteiger partial charge in [0.1, 0.15) is 5.75 Å². The fourth-order valence-corrected chi connectivity index (χ4v) is 2.63. The molecule has 2 aromatic carbocycles. The fourth-order valence-electron chi connectivity index (χ4n) is 2.63. The van der Waals surface area contributed by atoms with Gasteiger partial charge < -0.3 is 4.74 Å². The summed E-state index contributed by atoms with van der Waals surface area (Å²) in [5.74, 6) is -0.732. The summed E-state index contributed by atoms with van der Waals surface area (Å²) >= 11 is 0. The van der Waals surface area contributed by atoms with Crippen molar-refractivity contribution < 1.29 is 19.1 Å². The normalized spacial score (nSPS) is 13.0. The van der Waals surface area contributed by atoms with E-state index in [0.29, 0.717) is 23.3 Å². The number of rotatable bonds is 5. The number of methoxy groups -OCH3 is 1. The first-order valence-corrected chi connectivity index (χ1v) is 7.51. The summed E-state index contributed by atoms with van der Waals surface area (Å²) < 4.78 is 5.24. The molecule has 1 aliphatic rings. The van der Waals surface area contributed by atoms with E-state index in [-0.39, 0.29) is 6.42 Å². The van der Waals surface area contributed by atoms with Gasteiger partial charge in [-0.1, -0.05) is 30.3 Å². The Morgan fingerprint density at radius 2 is 1.58 bits per heavy atom. The lowest BCUT2D eigenvalue weighted by molar-refractivity contribution is -0.124. The molecule has 0 spiro atoms. The Bertz CT molecular complexity index is 781. The van der Waals surface area contributed by atoms with Crippen LogP contribution in [-0.2, 0) is 11.2 Å². The number of nitrogens with zero attached hydrogens (tertiary/aromatic N) is 1. The second kappa shape index (κ2) is 6.54. The second-order valence-electron chi connectivity index (χ2n) is 5.34. The molecule has 0 radical (unpaired) electrons. The van der Waals surface area contributed by atoms with Crippen molar-refractivity contribution in [3.05, 3.63) is 65.2 Å². The van der Waals surface area contributed by atoms with E-state index in [2.05, 4.69) is 5.43 Å². The van der Waals surface area contributed by atoms with Crippen LogP contribution in [0.15, 0.2) is 48.5 Å². The maximum atomic E-state index is 12.2. The molecule has 0 bridgehead atoms. The van der Waals surface area contributed by atoms with Crippen LogP contribution >= 0.6 is 0 Å². The van der Waals surface area contributed by atoms with E-state index in [9.17, 15) is 14.4 Å². The van der Waals surface area contributed by atoms with Crippen LogP contribution in [0.1, 0.15) is 32.7 Å². The van der Waals surface area contributed by atoms with Gasteiger partial charge in [0.2, 0.25) is 5.91 Å². The number of imide groups is 1. The SMILES string of the molecule is COc1ccccc1CCC(=O)NN1C(=O)c2ccccc2C1=O. The molecule has 24 heavy (non-hydrogen) atoms. The van der Waals surface area contributed by atoms with Crippen molar-refractivity contribution >= 4 is 17.7 Å². The number of hydrogen-bond donors (Lipinski definition) is 1. The average molecular weight is 324 g/mol. The Morgan fingerprint density at radius 3 is 2.21 bits per heavy atom. The second-order valence-corrected chi connectivity index (χ2v) is 5.34. The van der Waals surface area contributed by atoms with E-state index in [1.807, 2.05) is 24.3 Å². The summed E-state index contributed by atoms with van der Waals surface area (Å²) in [4.78, 5) is 36.5. The Hall–Kier alpha value is -3.15. The highest BCUT2D eigenvalue weighted by Crippen LogP contribution is 2.21. The van der Waals surface area contributed by atoms with Gasteiger partial charge in [0.05, 0.1) is 18.2 Å². The topological polar surface area (TPSA) is 75.7 Å². The molecular weight excluding hydrogens is 308 g/mol. The molecule has 0 aromatic heterocycles. The van der Waals surface area contributed by atoms with Crippen LogP contribution in [0, 0.1) is 0 Å². The summed E-state index contributed by atoms with van der Waals surface area (Å²) in [5, 5.41) is 0.773. The van der Waals surface area contributed by atoms with Crippen molar-refractivity contribution in [3.8, 4) is 5.75 Å². The highest BCUT2D eigenvalue weighted by Gasteiger charge is 2.36. The first-order chi connectivity index (χ1) is 11.6. The van der Waals surface area contributed by atoms with E-state index in [4.69, 9.17) is 4.74 Å². The summed E-state index contributed by atoms with van der Waals surface area (Å²) in [7, 11) is 1.57. The summed E-state index contributed by atoms with van der Waals surface area (Å²) in [6.07, 6.45) is 0.576. The predicted molar refractivity (Wildman–Crippen MR) is 86.4 cm³/mol. The maximum Gasteiger partial charge on any atom is 0.280 e. The van der Waals surface area contributed by atoms with Crippen LogP contribution in [0.2, 0.25) is 0 Å². The zero-order valence-electron chi connectivity index (χ0n) is 13.1. The molecule has 0 saturated carbocycles. The van der Waals surface area contributed by atoms with Crippen LogP contribution in [-0.4, -0.2) is 29.8 Å². The molecular formula is C18H16N2O4. The average Bonchev–Trinajstić information content (AvgIpc) is 2.85. The van der Waals surface area contributed by atoms with Gasteiger partial charge in [0, 0.05) is 6.42 Å². The van der Waals surface area contributed by atoms with E-state index in [0.717, 1.165) is 10.6 Å². The van der Waals surface area contributed by atoms with E-state index < -0.39 is 17.7 Å². The Morgan fingerprint density at radius 1 is 1.00 bits per heavy atom. The molecule has 0 unspecified atom stereocenters. The fraction of sp³-hybridized carbons (Fsp3) is 0.167. The van der Waals surface area contributed by atoms with Crippen molar-refractivity contribution in [2.45, 2.75) is 12.8 Å². The maximum absolute atomic E-state index is 12.2. The lowest BCUT2D eigenvalue weighted by Gasteiger charge is -2.15. The zero-order chi connectivity index (χ0) is 17.1. The first kappa shape index (κ1) is 15.7. The number of para-hydroxylation sites is 1. The largest absolute Gasteiger partial charge is 0.496 e. The number of benzene rings is 2. The van der Waals surface area contributed by atoms with Crippen molar-refractivity contribution in [2.24, 2.45) is 0 Å². The summed E-state index contributed by atoms with van der Waals surface area (Å²) in [6.45, 7) is 0. The van der Waals surface area contributed by atoms with Gasteiger partial charge in [-0.2, -0.15) is 5.01 Å². The molecule has 6 heteroatoms. The quantitative estimate of drug-likeness (QED) is 0.853. The van der Waals surface area contributed by atoms with E-state index >= 15 is 0 Å². The minimum atomic E-state index is -0.513. The van der Waals surface area contributed by atoms with E-state index in [1.54, 1.807) is 31.4 Å². The molecule has 122 valence electrons. The van der Waals surface area contributed by atoms with Crippen LogP contribution in [0.5, 0.6) is 5.75 Å². The van der Waals surface area contributed by atoms with Gasteiger partial charge in [-0.25, -0.2) is 0 Å². The Kier molecular flexibility index (Phi) is 4.29. The summed E-state index contributed by atoms with van der Waals surface area (Å²) in [5.41, 5.74) is 3.87. The smallest absolute Gasteiger partial charge is 0.280 e. The highest BCUT2D eigenvalue weighted by atomic mass is 16.5. The van der Waals surface area contributed by atoms with Gasteiger partial charge in [-0.3, -0.25) is 19.8 Å². The Balaban J connectivity index is 1.64. The lowest BCUT2D eigenvalue weighted by atomic mass is 10.1. The zero-order valence-corrected chi connectivity index (χ0v) is 13.1. The van der Waals surface area contributed by atoms with E-state index in [1.165, 1.54) is 0 Å². The molecule has 1 heterocycles. The molecule has 1 N–H and O–H groups in total. The number of ether oxygens (including phenoxy) is 1. The number of amides is 3. The minimum Gasteiger partial charge on any atom is -0.496 e. The molecule has 3 rings (SSSR count). The molecule has 3 amide bonds. The highest BCUT2D eigenvalue weighted by molar-refractivity contribution is 6.21. The number of hydrogen-bond acceptors (Lipinski definition) is 4. The summed E-state index contributed by atoms with van der Waals surface area (Å²) in [6, 6.07) is 13.9. The van der Waals surface area contributed by atoms with Crippen LogP contribution in [0.3, 0.4) is 0 Å². The van der Waals surface area contributed by atoms with Crippen LogP contribution < -0.4 is 10.2 Å². The number of carbonyl (C=O) groups excluding carboxylic acids is 3. The van der Waals surface area contributed by atoms with Crippen molar-refractivity contribution in [3.63, 3.8) is 0 Å². The molecule has 2 aromatic rings. The van der Waals surface area contributed by atoms with Gasteiger partial charge in [0.15, 0.2) is 0 Å². The Labute approximate surface area is 139 Å². The predicted octanol–water partition coefficient (Wildman–Crippen LogP) is 1.96. The number of carbonyl (C=O) groups is 3. The van der Waals surface area contributed by atoms with Crippen molar-refractivity contribution in [1.82, 2.24) is 10.4 Å². The number of nitrogens with one attached hydrogen (secondary N) is 1. The molecule has 0 aliphatic carbocycles. The molecule has 0 fully saturated rings.